The van der Waals surface area contributed by atoms with Crippen LogP contribution in [0.25, 0.3) is 10.9 Å². The Morgan fingerprint density at radius 2 is 1.73 bits per heavy atom. The third-order valence-corrected chi connectivity index (χ3v) is 5.20. The summed E-state index contributed by atoms with van der Waals surface area (Å²) in [6.07, 6.45) is 4.24. The first kappa shape index (κ1) is 16.6. The Morgan fingerprint density at radius 3 is 2.46 bits per heavy atom. The molecular formula is C22H22N2O2. The maximum absolute atomic E-state index is 12.9. The van der Waals surface area contributed by atoms with Gasteiger partial charge in [0.25, 0.3) is 5.91 Å². The first-order valence-corrected chi connectivity index (χ1v) is 9.16. The van der Waals surface area contributed by atoms with E-state index in [2.05, 4.69) is 5.32 Å². The van der Waals surface area contributed by atoms with Gasteiger partial charge in [-0.25, -0.2) is 0 Å². The van der Waals surface area contributed by atoms with E-state index in [9.17, 15) is 9.59 Å². The monoisotopic (exact) mass is 346 g/mol. The Balaban J connectivity index is 1.64. The Bertz CT molecular complexity index is 966. The number of carbonyl (C=O) groups is 2. The van der Waals surface area contributed by atoms with E-state index in [1.54, 1.807) is 4.57 Å². The molecule has 132 valence electrons. The van der Waals surface area contributed by atoms with Gasteiger partial charge in [-0.15, -0.1) is 0 Å². The molecule has 0 aliphatic heterocycles. The van der Waals surface area contributed by atoms with Gasteiger partial charge in [0.15, 0.2) is 0 Å². The molecule has 1 heterocycles. The number of aryl methyl sites for hydroxylation is 1. The van der Waals surface area contributed by atoms with Crippen LogP contribution in [-0.2, 0) is 4.79 Å². The number of nitrogens with one attached hydrogen (secondary N) is 1. The number of hydrogen-bond acceptors (Lipinski definition) is 2. The van der Waals surface area contributed by atoms with Gasteiger partial charge in [0.1, 0.15) is 0 Å². The van der Waals surface area contributed by atoms with E-state index < -0.39 is 0 Å². The largest absolute Gasteiger partial charge is 0.326 e. The van der Waals surface area contributed by atoms with Crippen molar-refractivity contribution in [1.82, 2.24) is 4.57 Å². The molecule has 0 bridgehead atoms. The lowest BCUT2D eigenvalue weighted by Crippen LogP contribution is -2.20. The van der Waals surface area contributed by atoms with Gasteiger partial charge < -0.3 is 5.32 Å². The molecule has 1 fully saturated rings. The highest BCUT2D eigenvalue weighted by molar-refractivity contribution is 6.04. The van der Waals surface area contributed by atoms with Gasteiger partial charge in [-0.05, 0) is 56.2 Å². The summed E-state index contributed by atoms with van der Waals surface area (Å²) in [5.41, 5.74) is 3.19. The number of benzene rings is 2. The molecule has 4 rings (SSSR count). The molecule has 1 aliphatic carbocycles. The van der Waals surface area contributed by atoms with E-state index in [4.69, 9.17) is 0 Å². The van der Waals surface area contributed by atoms with E-state index >= 15 is 0 Å². The number of amides is 1. The molecule has 1 amide bonds. The quantitative estimate of drug-likeness (QED) is 0.743. The fourth-order valence-corrected chi connectivity index (χ4v) is 3.84. The molecule has 1 aromatic heterocycles. The van der Waals surface area contributed by atoms with Crippen LogP contribution in [0.5, 0.6) is 0 Å². The molecule has 2 aromatic carbocycles. The molecule has 26 heavy (non-hydrogen) atoms. The van der Waals surface area contributed by atoms with Crippen molar-refractivity contribution in [2.75, 3.05) is 5.32 Å². The third-order valence-electron chi connectivity index (χ3n) is 5.20. The van der Waals surface area contributed by atoms with E-state index in [0.717, 1.165) is 48.0 Å². The highest BCUT2D eigenvalue weighted by atomic mass is 16.2. The minimum atomic E-state index is -0.0409. The normalized spacial score (nSPS) is 14.7. The van der Waals surface area contributed by atoms with Crippen molar-refractivity contribution < 1.29 is 9.59 Å². The predicted octanol–water partition coefficient (Wildman–Crippen LogP) is 4.77. The van der Waals surface area contributed by atoms with Crippen LogP contribution in [-0.4, -0.2) is 16.4 Å². The zero-order valence-electron chi connectivity index (χ0n) is 14.9. The number of carbonyl (C=O) groups excluding carboxylic acids is 2. The maximum Gasteiger partial charge on any atom is 0.262 e. The predicted molar refractivity (Wildman–Crippen MR) is 103 cm³/mol. The molecule has 1 saturated carbocycles. The average Bonchev–Trinajstić information content (AvgIpc) is 3.29. The molecule has 3 aromatic rings. The maximum atomic E-state index is 12.9. The molecule has 1 aliphatic rings. The van der Waals surface area contributed by atoms with Crippen molar-refractivity contribution in [1.29, 1.82) is 0 Å². The van der Waals surface area contributed by atoms with Crippen LogP contribution in [0.1, 0.15) is 41.7 Å². The smallest absolute Gasteiger partial charge is 0.262 e. The SMILES string of the molecule is Cc1cc2cc(NC(=O)C3CCCC3)ccc2n1C(=O)c1ccccc1. The zero-order valence-corrected chi connectivity index (χ0v) is 14.9. The summed E-state index contributed by atoms with van der Waals surface area (Å²) in [7, 11) is 0. The Hall–Kier alpha value is -2.88. The highest BCUT2D eigenvalue weighted by Crippen LogP contribution is 2.28. The summed E-state index contributed by atoms with van der Waals surface area (Å²) in [5, 5.41) is 3.99. The standard InChI is InChI=1S/C22H22N2O2/c1-15-13-18-14-19(23-21(25)16-7-5-6-8-16)11-12-20(18)24(15)22(26)17-9-3-2-4-10-17/h2-4,9-14,16H,5-8H2,1H3,(H,23,25). The molecular weight excluding hydrogens is 324 g/mol. The summed E-state index contributed by atoms with van der Waals surface area (Å²) in [5.74, 6) is 0.205. The van der Waals surface area contributed by atoms with Gasteiger partial charge in [0, 0.05) is 28.2 Å². The van der Waals surface area contributed by atoms with E-state index in [0.29, 0.717) is 5.56 Å². The topological polar surface area (TPSA) is 51.1 Å². The number of hydrogen-bond donors (Lipinski definition) is 1. The van der Waals surface area contributed by atoms with Gasteiger partial charge >= 0.3 is 0 Å². The second-order valence-corrected chi connectivity index (χ2v) is 7.04. The number of anilines is 1. The zero-order chi connectivity index (χ0) is 18.1. The molecule has 4 heteroatoms. The summed E-state index contributed by atoms with van der Waals surface area (Å²) in [6, 6.07) is 17.0. The van der Waals surface area contributed by atoms with Crippen molar-refractivity contribution in [3.05, 3.63) is 65.9 Å². The molecule has 0 saturated heterocycles. The summed E-state index contributed by atoms with van der Waals surface area (Å²) in [6.45, 7) is 1.93. The van der Waals surface area contributed by atoms with E-state index in [1.165, 1.54) is 0 Å². The molecule has 0 spiro atoms. The number of aromatic nitrogens is 1. The van der Waals surface area contributed by atoms with Crippen LogP contribution in [0.4, 0.5) is 5.69 Å². The number of nitrogens with zero attached hydrogens (tertiary/aromatic N) is 1. The van der Waals surface area contributed by atoms with Crippen LogP contribution in [0.15, 0.2) is 54.6 Å². The molecule has 4 nitrogen and oxygen atoms in total. The van der Waals surface area contributed by atoms with Crippen LogP contribution >= 0.6 is 0 Å². The van der Waals surface area contributed by atoms with Crippen molar-refractivity contribution in [2.24, 2.45) is 5.92 Å². The van der Waals surface area contributed by atoms with Gasteiger partial charge in [0.05, 0.1) is 5.52 Å². The third kappa shape index (κ3) is 3.03. The van der Waals surface area contributed by atoms with Crippen molar-refractivity contribution in [2.45, 2.75) is 32.6 Å². The highest BCUT2D eigenvalue weighted by Gasteiger charge is 2.23. The molecule has 0 unspecified atom stereocenters. The summed E-state index contributed by atoms with van der Waals surface area (Å²) < 4.78 is 1.73. The first-order valence-electron chi connectivity index (χ1n) is 9.16. The van der Waals surface area contributed by atoms with E-state index in [-0.39, 0.29) is 17.7 Å². The van der Waals surface area contributed by atoms with Crippen molar-refractivity contribution in [3.8, 4) is 0 Å². The Kier molecular flexibility index (Phi) is 4.33. The Morgan fingerprint density at radius 1 is 1.00 bits per heavy atom. The number of rotatable bonds is 3. The molecule has 0 radical (unpaired) electrons. The fourth-order valence-electron chi connectivity index (χ4n) is 3.84. The van der Waals surface area contributed by atoms with Crippen molar-refractivity contribution >= 4 is 28.4 Å². The minimum absolute atomic E-state index is 0.0409. The lowest BCUT2D eigenvalue weighted by Gasteiger charge is -2.11. The van der Waals surface area contributed by atoms with Crippen LogP contribution in [0, 0.1) is 12.8 Å². The lowest BCUT2D eigenvalue weighted by molar-refractivity contribution is -0.119. The number of fused-ring (bicyclic) bond motifs is 1. The van der Waals surface area contributed by atoms with Gasteiger partial charge in [-0.2, -0.15) is 0 Å². The van der Waals surface area contributed by atoms with Gasteiger partial charge in [0.2, 0.25) is 5.91 Å². The minimum Gasteiger partial charge on any atom is -0.326 e. The van der Waals surface area contributed by atoms with Crippen LogP contribution in [0.3, 0.4) is 0 Å². The second-order valence-electron chi connectivity index (χ2n) is 7.04. The average molecular weight is 346 g/mol. The second kappa shape index (κ2) is 6.79. The van der Waals surface area contributed by atoms with Gasteiger partial charge in [-0.3, -0.25) is 14.2 Å². The lowest BCUT2D eigenvalue weighted by atomic mass is 10.1. The molecule has 0 atom stereocenters. The first-order chi connectivity index (χ1) is 12.6. The van der Waals surface area contributed by atoms with Crippen molar-refractivity contribution in [3.63, 3.8) is 0 Å². The van der Waals surface area contributed by atoms with Gasteiger partial charge in [-0.1, -0.05) is 31.0 Å². The summed E-state index contributed by atoms with van der Waals surface area (Å²) in [4.78, 5) is 25.2. The fraction of sp³-hybridized carbons (Fsp3) is 0.273. The molecule has 1 N–H and O–H groups in total. The summed E-state index contributed by atoms with van der Waals surface area (Å²) >= 11 is 0. The van der Waals surface area contributed by atoms with Crippen LogP contribution in [0.2, 0.25) is 0 Å². The van der Waals surface area contributed by atoms with E-state index in [1.807, 2.05) is 61.5 Å². The van der Waals surface area contributed by atoms with Crippen LogP contribution < -0.4 is 5.32 Å². The Labute approximate surface area is 152 Å².